The second-order valence-corrected chi connectivity index (χ2v) is 5.36. The lowest BCUT2D eigenvalue weighted by molar-refractivity contribution is 0.416. The largest absolute Gasteiger partial charge is 0.495 e. The van der Waals surface area contributed by atoms with Crippen molar-refractivity contribution in [3.63, 3.8) is 0 Å². The van der Waals surface area contributed by atoms with Gasteiger partial charge in [-0.3, -0.25) is 4.68 Å². The molecule has 0 aliphatic carbocycles. The van der Waals surface area contributed by atoms with E-state index in [9.17, 15) is 0 Å². The number of nitrogens with zero attached hydrogens (tertiary/aromatic N) is 3. The Labute approximate surface area is 132 Å². The molecule has 0 saturated heterocycles. The van der Waals surface area contributed by atoms with Gasteiger partial charge < -0.3 is 10.1 Å². The molecule has 1 heterocycles. The molecule has 1 N–H and O–H groups in total. The van der Waals surface area contributed by atoms with Gasteiger partial charge in [0.25, 0.3) is 0 Å². The Balaban J connectivity index is 2.21. The van der Waals surface area contributed by atoms with E-state index < -0.39 is 0 Å². The molecule has 0 aliphatic heterocycles. The zero-order valence-corrected chi connectivity index (χ0v) is 13.9. The number of ether oxygens (including phenoxy) is 1. The Morgan fingerprint density at radius 3 is 2.81 bits per heavy atom. The molecule has 0 aliphatic rings. The van der Waals surface area contributed by atoms with Gasteiger partial charge in [-0.25, -0.2) is 0 Å². The fourth-order valence-electron chi connectivity index (χ4n) is 2.10. The Morgan fingerprint density at radius 2 is 2.24 bits per heavy atom. The molecule has 21 heavy (non-hydrogen) atoms. The summed E-state index contributed by atoms with van der Waals surface area (Å²) in [5.41, 5.74) is 3.54. The molecule has 0 saturated carbocycles. The first-order chi connectivity index (χ1) is 10.1. The van der Waals surface area contributed by atoms with Gasteiger partial charge in [0.2, 0.25) is 0 Å². The molecule has 6 heteroatoms. The number of aryl methyl sites for hydroxylation is 2. The summed E-state index contributed by atoms with van der Waals surface area (Å²) < 4.78 is 8.22. The summed E-state index contributed by atoms with van der Waals surface area (Å²) >= 11 is 3.60. The van der Waals surface area contributed by atoms with Crippen LogP contribution in [0.25, 0.3) is 0 Å². The minimum absolute atomic E-state index is 0.576. The van der Waals surface area contributed by atoms with Crippen LogP contribution >= 0.6 is 15.9 Å². The van der Waals surface area contributed by atoms with Crippen molar-refractivity contribution in [3.05, 3.63) is 39.6 Å². The van der Waals surface area contributed by atoms with Gasteiger partial charge in [-0.1, -0.05) is 6.92 Å². The number of hydrogen-bond acceptors (Lipinski definition) is 4. The van der Waals surface area contributed by atoms with Crippen molar-refractivity contribution in [3.8, 4) is 11.8 Å². The van der Waals surface area contributed by atoms with Gasteiger partial charge in [-0.2, -0.15) is 10.4 Å². The third-order valence-corrected chi connectivity index (χ3v) is 4.20. The summed E-state index contributed by atoms with van der Waals surface area (Å²) in [6, 6.07) is 7.44. The Bertz CT molecular complexity index is 688. The first-order valence-electron chi connectivity index (χ1n) is 6.63. The highest BCUT2D eigenvalue weighted by molar-refractivity contribution is 9.10. The number of nitrogens with one attached hydrogen (secondary N) is 1. The van der Waals surface area contributed by atoms with Crippen LogP contribution < -0.4 is 10.1 Å². The molecule has 0 bridgehead atoms. The molecule has 110 valence electrons. The van der Waals surface area contributed by atoms with Crippen molar-refractivity contribution in [1.82, 2.24) is 9.78 Å². The fourth-order valence-corrected chi connectivity index (χ4v) is 2.85. The highest BCUT2D eigenvalue weighted by Crippen LogP contribution is 2.27. The van der Waals surface area contributed by atoms with Crippen LogP contribution in [0.3, 0.4) is 0 Å². The van der Waals surface area contributed by atoms with Crippen LogP contribution in [0.5, 0.6) is 5.75 Å². The molecule has 1 aromatic heterocycles. The van der Waals surface area contributed by atoms with Crippen LogP contribution in [0.1, 0.15) is 23.9 Å². The molecule has 2 rings (SSSR count). The number of rotatable bonds is 5. The van der Waals surface area contributed by atoms with Gasteiger partial charge in [0.1, 0.15) is 5.75 Å². The van der Waals surface area contributed by atoms with E-state index >= 15 is 0 Å². The van der Waals surface area contributed by atoms with E-state index in [0.29, 0.717) is 17.9 Å². The van der Waals surface area contributed by atoms with Crippen LogP contribution in [0.4, 0.5) is 5.69 Å². The van der Waals surface area contributed by atoms with Crippen molar-refractivity contribution in [2.75, 3.05) is 12.4 Å². The molecular formula is C15H17BrN4O. The Kier molecular flexibility index (Phi) is 4.86. The van der Waals surface area contributed by atoms with Crippen molar-refractivity contribution < 1.29 is 4.74 Å². The summed E-state index contributed by atoms with van der Waals surface area (Å²) in [5, 5.41) is 16.7. The lowest BCUT2D eigenvalue weighted by Gasteiger charge is -2.12. The van der Waals surface area contributed by atoms with Crippen LogP contribution in [-0.2, 0) is 20.0 Å². The SMILES string of the molecule is CCc1nn(C)c(CNc2ccc(C#N)cc2OC)c1Br. The smallest absolute Gasteiger partial charge is 0.143 e. The maximum atomic E-state index is 8.92. The minimum atomic E-state index is 0.576. The van der Waals surface area contributed by atoms with Crippen LogP contribution in [0.15, 0.2) is 22.7 Å². The predicted molar refractivity (Wildman–Crippen MR) is 85.3 cm³/mol. The monoisotopic (exact) mass is 348 g/mol. The molecule has 0 fully saturated rings. The summed E-state index contributed by atoms with van der Waals surface area (Å²) in [6.07, 6.45) is 0.884. The van der Waals surface area contributed by atoms with Crippen LogP contribution in [0.2, 0.25) is 0 Å². The molecule has 2 aromatic rings. The predicted octanol–water partition coefficient (Wildman–Crippen LogP) is 3.24. The molecule has 0 spiro atoms. The maximum absolute atomic E-state index is 8.92. The van der Waals surface area contributed by atoms with E-state index in [-0.39, 0.29) is 0 Å². The number of anilines is 1. The number of methoxy groups -OCH3 is 1. The first-order valence-corrected chi connectivity index (χ1v) is 7.42. The first kappa shape index (κ1) is 15.4. The van der Waals surface area contributed by atoms with E-state index in [4.69, 9.17) is 10.00 Å². The molecule has 0 unspecified atom stereocenters. The van der Waals surface area contributed by atoms with E-state index in [2.05, 4.69) is 39.3 Å². The molecule has 5 nitrogen and oxygen atoms in total. The Morgan fingerprint density at radius 1 is 1.48 bits per heavy atom. The van der Waals surface area contributed by atoms with E-state index in [1.54, 1.807) is 19.2 Å². The maximum Gasteiger partial charge on any atom is 0.143 e. The normalized spacial score (nSPS) is 10.2. The van der Waals surface area contributed by atoms with Crippen LogP contribution in [-0.4, -0.2) is 16.9 Å². The van der Waals surface area contributed by atoms with Gasteiger partial charge in [0.05, 0.1) is 46.8 Å². The quantitative estimate of drug-likeness (QED) is 0.900. The molecule has 0 atom stereocenters. The van der Waals surface area contributed by atoms with Crippen molar-refractivity contribution in [2.45, 2.75) is 19.9 Å². The summed E-state index contributed by atoms with van der Waals surface area (Å²) in [5.74, 6) is 0.656. The fraction of sp³-hybridized carbons (Fsp3) is 0.333. The second kappa shape index (κ2) is 6.64. The molecular weight excluding hydrogens is 332 g/mol. The summed E-state index contributed by atoms with van der Waals surface area (Å²) in [4.78, 5) is 0. The zero-order chi connectivity index (χ0) is 15.4. The second-order valence-electron chi connectivity index (χ2n) is 4.56. The van der Waals surface area contributed by atoms with Gasteiger partial charge in [0.15, 0.2) is 0 Å². The average molecular weight is 349 g/mol. The van der Waals surface area contributed by atoms with Gasteiger partial charge >= 0.3 is 0 Å². The topological polar surface area (TPSA) is 62.9 Å². The zero-order valence-electron chi connectivity index (χ0n) is 12.3. The molecule has 1 aromatic carbocycles. The van der Waals surface area contributed by atoms with Crippen molar-refractivity contribution in [2.24, 2.45) is 7.05 Å². The van der Waals surface area contributed by atoms with Crippen molar-refractivity contribution >= 4 is 21.6 Å². The lowest BCUT2D eigenvalue weighted by Crippen LogP contribution is -2.07. The number of hydrogen-bond donors (Lipinski definition) is 1. The number of nitriles is 1. The van der Waals surface area contributed by atoms with E-state index in [0.717, 1.165) is 28.0 Å². The molecule has 0 radical (unpaired) electrons. The Hall–Kier alpha value is -2.00. The highest BCUT2D eigenvalue weighted by Gasteiger charge is 2.13. The third-order valence-electron chi connectivity index (χ3n) is 3.28. The van der Waals surface area contributed by atoms with Crippen LogP contribution in [0, 0.1) is 11.3 Å². The number of halogens is 1. The lowest BCUT2D eigenvalue weighted by atomic mass is 10.2. The third kappa shape index (κ3) is 3.19. The van der Waals surface area contributed by atoms with E-state index in [1.807, 2.05) is 17.8 Å². The summed E-state index contributed by atoms with van der Waals surface area (Å²) in [7, 11) is 3.52. The van der Waals surface area contributed by atoms with Crippen molar-refractivity contribution in [1.29, 1.82) is 5.26 Å². The van der Waals surface area contributed by atoms with Gasteiger partial charge in [0, 0.05) is 13.1 Å². The standard InChI is InChI=1S/C15H17BrN4O/c1-4-11-15(16)13(20(2)19-11)9-18-12-6-5-10(8-17)7-14(12)21-3/h5-7,18H,4,9H2,1-3H3. The van der Waals surface area contributed by atoms with Gasteiger partial charge in [-0.05, 0) is 34.5 Å². The van der Waals surface area contributed by atoms with E-state index in [1.165, 1.54) is 0 Å². The summed E-state index contributed by atoms with van der Waals surface area (Å²) in [6.45, 7) is 2.69. The number of aromatic nitrogens is 2. The minimum Gasteiger partial charge on any atom is -0.495 e. The average Bonchev–Trinajstić information content (AvgIpc) is 2.79. The highest BCUT2D eigenvalue weighted by atomic mass is 79.9. The number of benzene rings is 1. The molecule has 0 amide bonds. The van der Waals surface area contributed by atoms with Gasteiger partial charge in [-0.15, -0.1) is 0 Å².